The molecule has 0 aliphatic carbocycles. The van der Waals surface area contributed by atoms with Gasteiger partial charge in [-0.15, -0.1) is 0 Å². The highest BCUT2D eigenvalue weighted by molar-refractivity contribution is 5.71. The fraction of sp³-hybridized carbons (Fsp3) is 0.429. The van der Waals surface area contributed by atoms with Crippen LogP contribution in [0.4, 0.5) is 4.79 Å². The van der Waals surface area contributed by atoms with Gasteiger partial charge in [0.2, 0.25) is 0 Å². The van der Waals surface area contributed by atoms with Crippen molar-refractivity contribution in [3.63, 3.8) is 0 Å². The molecule has 0 saturated heterocycles. The Kier molecular flexibility index (Phi) is 7.31. The fourth-order valence-electron chi connectivity index (χ4n) is 1.55. The Morgan fingerprint density at radius 3 is 2.45 bits per heavy atom. The molecule has 0 spiro atoms. The lowest BCUT2D eigenvalue weighted by molar-refractivity contribution is -0.119. The second-order valence-corrected chi connectivity index (χ2v) is 4.01. The van der Waals surface area contributed by atoms with Crippen LogP contribution < -0.4 is 0 Å². The largest absolute Gasteiger partial charge is 0.445 e. The van der Waals surface area contributed by atoms with Crippen LogP contribution in [0.1, 0.15) is 5.56 Å². The number of hydrogen-bond donors (Lipinski definition) is 0. The van der Waals surface area contributed by atoms with E-state index in [2.05, 4.69) is 0 Å². The van der Waals surface area contributed by atoms with E-state index in [0.29, 0.717) is 6.29 Å². The zero-order chi connectivity index (χ0) is 14.8. The highest BCUT2D eigenvalue weighted by Gasteiger charge is 2.19. The van der Waals surface area contributed by atoms with Crippen LogP contribution in [0.3, 0.4) is 0 Å². The third-order valence-electron chi connectivity index (χ3n) is 2.65. The van der Waals surface area contributed by atoms with Gasteiger partial charge in [-0.1, -0.05) is 30.3 Å². The summed E-state index contributed by atoms with van der Waals surface area (Å²) in [6.45, 7) is 0.204. The maximum absolute atomic E-state index is 11.9. The van der Waals surface area contributed by atoms with E-state index >= 15 is 0 Å². The van der Waals surface area contributed by atoms with Gasteiger partial charge in [-0.3, -0.25) is 4.90 Å². The molecule has 0 aliphatic rings. The molecule has 6 heteroatoms. The monoisotopic (exact) mass is 281 g/mol. The average Bonchev–Trinajstić information content (AvgIpc) is 2.50. The minimum absolute atomic E-state index is 0.0726. The van der Waals surface area contributed by atoms with Gasteiger partial charge in [0, 0.05) is 14.2 Å². The Morgan fingerprint density at radius 2 is 1.90 bits per heavy atom. The van der Waals surface area contributed by atoms with Crippen LogP contribution >= 0.6 is 0 Å². The second kappa shape index (κ2) is 9.06. The first-order chi connectivity index (χ1) is 9.71. The van der Waals surface area contributed by atoms with Gasteiger partial charge in [-0.05, 0) is 5.56 Å². The smallest absolute Gasteiger partial charge is 0.410 e. The summed E-state index contributed by atoms with van der Waals surface area (Å²) < 4.78 is 15.2. The van der Waals surface area contributed by atoms with Gasteiger partial charge in [-0.2, -0.15) is 0 Å². The SMILES string of the molecule is COC(CN(CC=O)C(=O)OCc1ccccc1)OC. The Bertz CT molecular complexity index is 405. The quantitative estimate of drug-likeness (QED) is 0.533. The highest BCUT2D eigenvalue weighted by Crippen LogP contribution is 2.04. The van der Waals surface area contributed by atoms with E-state index in [0.717, 1.165) is 5.56 Å². The molecule has 110 valence electrons. The third kappa shape index (κ3) is 5.38. The predicted octanol–water partition coefficient (Wildman–Crippen LogP) is 1.44. The van der Waals surface area contributed by atoms with Gasteiger partial charge in [-0.25, -0.2) is 4.79 Å². The maximum Gasteiger partial charge on any atom is 0.410 e. The van der Waals surface area contributed by atoms with E-state index in [1.54, 1.807) is 0 Å². The second-order valence-electron chi connectivity index (χ2n) is 4.01. The molecule has 6 nitrogen and oxygen atoms in total. The standard InChI is InChI=1S/C14H19NO5/c1-18-13(19-2)10-15(8-9-16)14(17)20-11-12-6-4-3-5-7-12/h3-7,9,13H,8,10-11H2,1-2H3. The Hall–Kier alpha value is -1.92. The molecule has 0 fully saturated rings. The number of benzene rings is 1. The zero-order valence-electron chi connectivity index (χ0n) is 11.7. The molecule has 0 unspecified atom stereocenters. The van der Waals surface area contributed by atoms with Crippen LogP contribution in [-0.4, -0.2) is 50.9 Å². The summed E-state index contributed by atoms with van der Waals surface area (Å²) in [6.07, 6.45) is -0.550. The fourth-order valence-corrected chi connectivity index (χ4v) is 1.55. The van der Waals surface area contributed by atoms with E-state index in [9.17, 15) is 9.59 Å². The number of amides is 1. The first-order valence-corrected chi connectivity index (χ1v) is 6.16. The number of ether oxygens (including phenoxy) is 3. The van der Waals surface area contributed by atoms with Gasteiger partial charge < -0.3 is 19.0 Å². The van der Waals surface area contributed by atoms with E-state index in [-0.39, 0.29) is 19.7 Å². The van der Waals surface area contributed by atoms with Crippen molar-refractivity contribution in [2.75, 3.05) is 27.3 Å². The molecule has 20 heavy (non-hydrogen) atoms. The van der Waals surface area contributed by atoms with Crippen molar-refractivity contribution in [1.29, 1.82) is 0 Å². The third-order valence-corrected chi connectivity index (χ3v) is 2.65. The Balaban J connectivity index is 2.53. The minimum Gasteiger partial charge on any atom is -0.445 e. The normalized spacial score (nSPS) is 10.3. The summed E-state index contributed by atoms with van der Waals surface area (Å²) in [5, 5.41) is 0. The molecule has 0 aliphatic heterocycles. The van der Waals surface area contributed by atoms with Crippen molar-refractivity contribution in [3.8, 4) is 0 Å². The van der Waals surface area contributed by atoms with Crippen molar-refractivity contribution < 1.29 is 23.8 Å². The number of hydrogen-bond acceptors (Lipinski definition) is 5. The van der Waals surface area contributed by atoms with Crippen LogP contribution in [0.25, 0.3) is 0 Å². The Labute approximate surface area is 118 Å². The van der Waals surface area contributed by atoms with Crippen LogP contribution in [0, 0.1) is 0 Å². The first-order valence-electron chi connectivity index (χ1n) is 6.16. The molecule has 1 aromatic rings. The molecule has 1 aromatic carbocycles. The molecule has 0 radical (unpaired) electrons. The molecular formula is C14H19NO5. The van der Waals surface area contributed by atoms with E-state index in [1.165, 1.54) is 19.1 Å². The summed E-state index contributed by atoms with van der Waals surface area (Å²) in [6, 6.07) is 9.30. The molecule has 1 rings (SSSR count). The van der Waals surface area contributed by atoms with Crippen molar-refractivity contribution in [2.45, 2.75) is 12.9 Å². The van der Waals surface area contributed by atoms with Crippen molar-refractivity contribution >= 4 is 12.4 Å². The molecule has 0 heterocycles. The van der Waals surface area contributed by atoms with Crippen molar-refractivity contribution in [3.05, 3.63) is 35.9 Å². The number of methoxy groups -OCH3 is 2. The van der Waals surface area contributed by atoms with Crippen LogP contribution in [-0.2, 0) is 25.6 Å². The number of rotatable bonds is 8. The van der Waals surface area contributed by atoms with Gasteiger partial charge in [0.15, 0.2) is 6.29 Å². The lowest BCUT2D eigenvalue weighted by Gasteiger charge is -2.23. The highest BCUT2D eigenvalue weighted by atomic mass is 16.7. The predicted molar refractivity (Wildman–Crippen MR) is 72.1 cm³/mol. The maximum atomic E-state index is 11.9. The van der Waals surface area contributed by atoms with Crippen LogP contribution in [0.5, 0.6) is 0 Å². The molecular weight excluding hydrogens is 262 g/mol. The summed E-state index contributed by atoms with van der Waals surface area (Å²) in [5.74, 6) is 0. The lowest BCUT2D eigenvalue weighted by atomic mass is 10.2. The summed E-state index contributed by atoms with van der Waals surface area (Å²) in [4.78, 5) is 23.8. The number of aldehydes is 1. The molecule has 0 saturated carbocycles. The number of nitrogens with zero attached hydrogens (tertiary/aromatic N) is 1. The van der Waals surface area contributed by atoms with Gasteiger partial charge in [0.05, 0.1) is 13.1 Å². The van der Waals surface area contributed by atoms with Gasteiger partial charge >= 0.3 is 6.09 Å². The molecule has 0 N–H and O–H groups in total. The van der Waals surface area contributed by atoms with E-state index in [1.807, 2.05) is 30.3 Å². The molecule has 0 aromatic heterocycles. The summed E-state index contributed by atoms with van der Waals surface area (Å²) in [7, 11) is 2.92. The number of carbonyl (C=O) groups is 2. The van der Waals surface area contributed by atoms with Crippen LogP contribution in [0.15, 0.2) is 30.3 Å². The minimum atomic E-state index is -0.598. The molecule has 1 amide bonds. The first kappa shape index (κ1) is 16.1. The van der Waals surface area contributed by atoms with Crippen molar-refractivity contribution in [1.82, 2.24) is 4.90 Å². The topological polar surface area (TPSA) is 65.1 Å². The summed E-state index contributed by atoms with van der Waals surface area (Å²) >= 11 is 0. The van der Waals surface area contributed by atoms with Gasteiger partial charge in [0.1, 0.15) is 12.9 Å². The van der Waals surface area contributed by atoms with Crippen LogP contribution in [0.2, 0.25) is 0 Å². The molecule has 0 bridgehead atoms. The van der Waals surface area contributed by atoms with E-state index < -0.39 is 12.4 Å². The van der Waals surface area contributed by atoms with Crippen molar-refractivity contribution in [2.24, 2.45) is 0 Å². The average molecular weight is 281 g/mol. The van der Waals surface area contributed by atoms with Gasteiger partial charge in [0.25, 0.3) is 0 Å². The summed E-state index contributed by atoms with van der Waals surface area (Å²) in [5.41, 5.74) is 0.877. The Morgan fingerprint density at radius 1 is 1.25 bits per heavy atom. The van der Waals surface area contributed by atoms with E-state index in [4.69, 9.17) is 14.2 Å². The molecule has 0 atom stereocenters. The lowest BCUT2D eigenvalue weighted by Crippen LogP contribution is -2.40. The number of carbonyl (C=O) groups excluding carboxylic acids is 2. The zero-order valence-corrected chi connectivity index (χ0v) is 11.7.